The largest absolute Gasteiger partial charge is 0.495 e. The van der Waals surface area contributed by atoms with Crippen LogP contribution < -0.4 is 10.5 Å². The Bertz CT molecular complexity index is 443. The van der Waals surface area contributed by atoms with Crippen LogP contribution in [0.25, 0.3) is 0 Å². The van der Waals surface area contributed by atoms with Gasteiger partial charge in [-0.25, -0.2) is 4.79 Å². The number of nitrogens with two attached hydrogens (primary N) is 1. The predicted octanol–water partition coefficient (Wildman–Crippen LogP) is 0.792. The number of methoxy groups -OCH3 is 2. The van der Waals surface area contributed by atoms with E-state index in [1.165, 1.54) is 14.2 Å². The number of hydrogen-bond acceptors (Lipinski definition) is 4. The quantitative estimate of drug-likeness (QED) is 0.590. The Morgan fingerprint density at radius 1 is 1.44 bits per heavy atom. The predicted molar refractivity (Wildman–Crippen MR) is 60.3 cm³/mol. The van der Waals surface area contributed by atoms with Gasteiger partial charge in [-0.1, -0.05) is 11.8 Å². The maximum absolute atomic E-state index is 11.3. The lowest BCUT2D eigenvalue weighted by Gasteiger charge is -2.05. The molecule has 2 N–H and O–H groups in total. The molecule has 1 aromatic carbocycles. The lowest BCUT2D eigenvalue weighted by atomic mass is 10.1. The van der Waals surface area contributed by atoms with E-state index in [1.54, 1.807) is 18.2 Å². The van der Waals surface area contributed by atoms with Gasteiger partial charge in [-0.3, -0.25) is 0 Å². The topological polar surface area (TPSA) is 61.5 Å². The number of benzene rings is 1. The molecular formula is C12H13NO3. The third-order valence-electron chi connectivity index (χ3n) is 1.95. The molecular weight excluding hydrogens is 206 g/mol. The van der Waals surface area contributed by atoms with Gasteiger partial charge in [0.15, 0.2) is 0 Å². The van der Waals surface area contributed by atoms with E-state index in [1.807, 2.05) is 0 Å². The van der Waals surface area contributed by atoms with Crippen LogP contribution in [0.15, 0.2) is 18.2 Å². The smallest absolute Gasteiger partial charge is 0.337 e. The molecule has 0 saturated carbocycles. The van der Waals surface area contributed by atoms with Crippen molar-refractivity contribution in [2.75, 3.05) is 20.8 Å². The van der Waals surface area contributed by atoms with Crippen LogP contribution in [-0.2, 0) is 4.74 Å². The molecule has 0 heterocycles. The number of carbonyl (C=O) groups excluding carboxylic acids is 1. The first-order valence-electron chi connectivity index (χ1n) is 4.68. The first kappa shape index (κ1) is 12.1. The average molecular weight is 219 g/mol. The highest BCUT2D eigenvalue weighted by molar-refractivity contribution is 5.90. The summed E-state index contributed by atoms with van der Waals surface area (Å²) in [6.45, 7) is 0.280. The van der Waals surface area contributed by atoms with Crippen molar-refractivity contribution in [3.63, 3.8) is 0 Å². The van der Waals surface area contributed by atoms with E-state index in [4.69, 9.17) is 10.5 Å². The lowest BCUT2D eigenvalue weighted by molar-refractivity contribution is 0.0600. The van der Waals surface area contributed by atoms with Gasteiger partial charge >= 0.3 is 5.97 Å². The van der Waals surface area contributed by atoms with Gasteiger partial charge in [0, 0.05) is 0 Å². The fourth-order valence-corrected chi connectivity index (χ4v) is 1.19. The second-order valence-corrected chi connectivity index (χ2v) is 2.91. The third-order valence-corrected chi connectivity index (χ3v) is 1.95. The number of ether oxygens (including phenoxy) is 2. The van der Waals surface area contributed by atoms with Gasteiger partial charge < -0.3 is 15.2 Å². The van der Waals surface area contributed by atoms with Crippen molar-refractivity contribution in [2.24, 2.45) is 5.73 Å². The van der Waals surface area contributed by atoms with Crippen molar-refractivity contribution in [1.82, 2.24) is 0 Å². The number of carbonyl (C=O) groups is 1. The Labute approximate surface area is 94.3 Å². The number of rotatable bonds is 2. The minimum Gasteiger partial charge on any atom is -0.495 e. The molecule has 0 unspecified atom stereocenters. The highest BCUT2D eigenvalue weighted by Gasteiger charge is 2.08. The van der Waals surface area contributed by atoms with Crippen LogP contribution in [-0.4, -0.2) is 26.7 Å². The SMILES string of the molecule is COC(=O)c1ccc(C#CCN)c(OC)c1. The van der Waals surface area contributed by atoms with Crippen LogP contribution in [0.2, 0.25) is 0 Å². The maximum Gasteiger partial charge on any atom is 0.337 e. The fraction of sp³-hybridized carbons (Fsp3) is 0.250. The molecule has 0 aromatic heterocycles. The Balaban J connectivity index is 3.11. The van der Waals surface area contributed by atoms with E-state index < -0.39 is 5.97 Å². The highest BCUT2D eigenvalue weighted by Crippen LogP contribution is 2.19. The molecule has 0 aliphatic heterocycles. The molecule has 0 aliphatic carbocycles. The average Bonchev–Trinajstić information content (AvgIpc) is 2.35. The van der Waals surface area contributed by atoms with Crippen molar-refractivity contribution in [3.8, 4) is 17.6 Å². The van der Waals surface area contributed by atoms with Gasteiger partial charge in [-0.05, 0) is 18.2 Å². The van der Waals surface area contributed by atoms with E-state index in [9.17, 15) is 4.79 Å². The first-order chi connectivity index (χ1) is 7.72. The first-order valence-corrected chi connectivity index (χ1v) is 4.68. The fourth-order valence-electron chi connectivity index (χ4n) is 1.19. The molecule has 0 amide bonds. The molecule has 1 aromatic rings. The molecule has 16 heavy (non-hydrogen) atoms. The standard InChI is InChI=1S/C12H13NO3/c1-15-11-8-10(12(14)16-2)6-5-9(11)4-3-7-13/h5-6,8H,7,13H2,1-2H3. The Hall–Kier alpha value is -1.99. The van der Waals surface area contributed by atoms with E-state index in [0.717, 1.165) is 0 Å². The molecule has 0 bridgehead atoms. The number of hydrogen-bond donors (Lipinski definition) is 1. The van der Waals surface area contributed by atoms with Crippen LogP contribution in [0.5, 0.6) is 5.75 Å². The maximum atomic E-state index is 11.3. The summed E-state index contributed by atoms with van der Waals surface area (Å²) in [6.07, 6.45) is 0. The zero-order valence-corrected chi connectivity index (χ0v) is 9.24. The Kier molecular flexibility index (Phi) is 4.37. The van der Waals surface area contributed by atoms with Crippen LogP contribution in [0.3, 0.4) is 0 Å². The summed E-state index contributed by atoms with van der Waals surface area (Å²) in [6, 6.07) is 4.93. The normalized spacial score (nSPS) is 8.94. The molecule has 0 aliphatic rings. The van der Waals surface area contributed by atoms with Gasteiger partial charge in [0.1, 0.15) is 5.75 Å². The Morgan fingerprint density at radius 3 is 2.75 bits per heavy atom. The summed E-state index contributed by atoms with van der Waals surface area (Å²) in [7, 11) is 2.85. The lowest BCUT2D eigenvalue weighted by Crippen LogP contribution is -2.02. The van der Waals surface area contributed by atoms with Gasteiger partial charge in [0.25, 0.3) is 0 Å². The minimum atomic E-state index is -0.406. The second-order valence-electron chi connectivity index (χ2n) is 2.91. The summed E-state index contributed by atoms with van der Waals surface area (Å²) >= 11 is 0. The molecule has 0 saturated heterocycles. The monoisotopic (exact) mass is 219 g/mol. The highest BCUT2D eigenvalue weighted by atomic mass is 16.5. The summed E-state index contributed by atoms with van der Waals surface area (Å²) in [5, 5.41) is 0. The number of esters is 1. The van der Waals surface area contributed by atoms with Crippen LogP contribution >= 0.6 is 0 Å². The molecule has 0 atom stereocenters. The van der Waals surface area contributed by atoms with Crippen molar-refractivity contribution < 1.29 is 14.3 Å². The van der Waals surface area contributed by atoms with Crippen molar-refractivity contribution in [1.29, 1.82) is 0 Å². The third kappa shape index (κ3) is 2.75. The zero-order chi connectivity index (χ0) is 12.0. The summed E-state index contributed by atoms with van der Waals surface area (Å²) < 4.78 is 9.73. The van der Waals surface area contributed by atoms with Crippen molar-refractivity contribution >= 4 is 5.97 Å². The molecule has 0 radical (unpaired) electrons. The van der Waals surface area contributed by atoms with Gasteiger partial charge in [-0.15, -0.1) is 0 Å². The zero-order valence-electron chi connectivity index (χ0n) is 9.24. The molecule has 1 rings (SSSR count). The summed E-state index contributed by atoms with van der Waals surface area (Å²) in [5.74, 6) is 5.70. The van der Waals surface area contributed by atoms with E-state index in [0.29, 0.717) is 16.9 Å². The molecule has 0 fully saturated rings. The second kappa shape index (κ2) is 5.79. The van der Waals surface area contributed by atoms with E-state index in [-0.39, 0.29) is 6.54 Å². The molecule has 0 spiro atoms. The van der Waals surface area contributed by atoms with Gasteiger partial charge in [0.2, 0.25) is 0 Å². The van der Waals surface area contributed by atoms with E-state index in [2.05, 4.69) is 16.6 Å². The molecule has 4 nitrogen and oxygen atoms in total. The van der Waals surface area contributed by atoms with Crippen LogP contribution in [0, 0.1) is 11.8 Å². The summed E-state index contributed by atoms with van der Waals surface area (Å²) in [4.78, 5) is 11.3. The van der Waals surface area contributed by atoms with Gasteiger partial charge in [0.05, 0.1) is 31.9 Å². The van der Waals surface area contributed by atoms with Crippen molar-refractivity contribution in [2.45, 2.75) is 0 Å². The Morgan fingerprint density at radius 2 is 2.19 bits per heavy atom. The van der Waals surface area contributed by atoms with E-state index >= 15 is 0 Å². The molecule has 4 heteroatoms. The van der Waals surface area contributed by atoms with Crippen LogP contribution in [0.4, 0.5) is 0 Å². The van der Waals surface area contributed by atoms with Crippen molar-refractivity contribution in [3.05, 3.63) is 29.3 Å². The minimum absolute atomic E-state index is 0.280. The van der Waals surface area contributed by atoms with Gasteiger partial charge in [-0.2, -0.15) is 0 Å². The molecule has 84 valence electrons. The van der Waals surface area contributed by atoms with Crippen LogP contribution in [0.1, 0.15) is 15.9 Å². The summed E-state index contributed by atoms with van der Waals surface area (Å²) in [5.41, 5.74) is 6.40.